The average Bonchev–Trinajstić information content (AvgIpc) is 2.19. The molecule has 0 heterocycles. The quantitative estimate of drug-likeness (QED) is 0.662. The molecule has 14 heavy (non-hydrogen) atoms. The van der Waals surface area contributed by atoms with Gasteiger partial charge in [-0.15, -0.1) is 0 Å². The number of hydrogen-bond donors (Lipinski definition) is 0. The third-order valence-corrected chi connectivity index (χ3v) is 2.66. The Labute approximate surface area is 103 Å². The van der Waals surface area contributed by atoms with Crippen LogP contribution in [0.3, 0.4) is 0 Å². The van der Waals surface area contributed by atoms with Gasteiger partial charge >= 0.3 is 26.2 Å². The second-order valence-electron chi connectivity index (χ2n) is 3.47. The number of benzene rings is 2. The van der Waals surface area contributed by atoms with Crippen LogP contribution < -0.4 is 0 Å². The maximum absolute atomic E-state index is 2.23. The van der Waals surface area contributed by atoms with Crippen molar-refractivity contribution in [2.24, 2.45) is 0 Å². The van der Waals surface area contributed by atoms with E-state index in [1.54, 1.807) is 0 Å². The molecule has 2 aromatic carbocycles. The van der Waals surface area contributed by atoms with E-state index in [0.29, 0.717) is 0 Å². The van der Waals surface area contributed by atoms with Crippen molar-refractivity contribution in [3.63, 3.8) is 0 Å². The Morgan fingerprint density at radius 2 is 1.71 bits per heavy atom. The minimum atomic E-state index is 0. The van der Waals surface area contributed by atoms with Gasteiger partial charge < -0.3 is 0 Å². The normalized spacial score (nSPS) is 12.6. The first kappa shape index (κ1) is 9.86. The fourth-order valence-corrected chi connectivity index (χ4v) is 2.07. The molecule has 0 saturated heterocycles. The summed E-state index contributed by atoms with van der Waals surface area (Å²) in [6, 6.07) is 13.0. The number of hydrogen-bond acceptors (Lipinski definition) is 0. The van der Waals surface area contributed by atoms with Crippen LogP contribution in [0.4, 0.5) is 0 Å². The van der Waals surface area contributed by atoms with E-state index in [0.717, 1.165) is 6.42 Å². The SMILES string of the molecule is C1=Cc2cccc3cccc(c23)C1.[AtH]. The van der Waals surface area contributed by atoms with Gasteiger partial charge in [-0.05, 0) is 28.3 Å². The Balaban J connectivity index is 0.000000750. The number of allylic oxidation sites excluding steroid dienone is 1. The third-order valence-electron chi connectivity index (χ3n) is 2.66. The van der Waals surface area contributed by atoms with E-state index in [1.807, 2.05) is 0 Å². The summed E-state index contributed by atoms with van der Waals surface area (Å²) in [4.78, 5) is 0. The molecule has 0 unspecified atom stereocenters. The van der Waals surface area contributed by atoms with Crippen LogP contribution in [0.25, 0.3) is 16.8 Å². The summed E-state index contributed by atoms with van der Waals surface area (Å²) in [5, 5.41) is 2.80. The van der Waals surface area contributed by atoms with Gasteiger partial charge in [0.1, 0.15) is 0 Å². The molecule has 0 radical (unpaired) electrons. The van der Waals surface area contributed by atoms with Gasteiger partial charge in [-0.3, -0.25) is 0 Å². The van der Waals surface area contributed by atoms with Crippen molar-refractivity contribution in [3.8, 4) is 0 Å². The van der Waals surface area contributed by atoms with Crippen LogP contribution in [0.5, 0.6) is 0 Å². The molecule has 0 spiro atoms. The van der Waals surface area contributed by atoms with E-state index in [9.17, 15) is 0 Å². The van der Waals surface area contributed by atoms with Crippen molar-refractivity contribution in [2.45, 2.75) is 6.42 Å². The summed E-state index contributed by atoms with van der Waals surface area (Å²) in [7, 11) is 0. The molecule has 2 aromatic rings. The monoisotopic (exact) mass is 377 g/mol. The van der Waals surface area contributed by atoms with Gasteiger partial charge in [0.15, 0.2) is 0 Å². The molecule has 3 rings (SSSR count). The minimum absolute atomic E-state index is 0. The second-order valence-corrected chi connectivity index (χ2v) is 3.47. The van der Waals surface area contributed by atoms with Crippen molar-refractivity contribution >= 4 is 16.8 Å². The molecule has 0 aliphatic heterocycles. The fourth-order valence-electron chi connectivity index (χ4n) is 2.07. The standard InChI is InChI=1S/C13H10.AtH/c1-4-10-6-2-8-12-9-3-7-11(5-1)13(10)12;/h1-8H,9H2;1H. The van der Waals surface area contributed by atoms with Crippen LogP contribution in [0, 0.1) is 26.2 Å². The van der Waals surface area contributed by atoms with Crippen LogP contribution in [-0.2, 0) is 6.42 Å². The Morgan fingerprint density at radius 3 is 2.57 bits per heavy atom. The van der Waals surface area contributed by atoms with Gasteiger partial charge in [0, 0.05) is 0 Å². The summed E-state index contributed by atoms with van der Waals surface area (Å²) in [5.74, 6) is 0. The molecule has 0 fully saturated rings. The summed E-state index contributed by atoms with van der Waals surface area (Å²) in [5.41, 5.74) is 2.81. The Kier molecular flexibility index (Phi) is 2.69. The van der Waals surface area contributed by atoms with E-state index >= 15 is 0 Å². The van der Waals surface area contributed by atoms with E-state index in [-0.39, 0.29) is 26.2 Å². The molecule has 0 saturated carbocycles. The molecule has 0 aromatic heterocycles. The molecular formula is C13H11At. The van der Waals surface area contributed by atoms with Gasteiger partial charge in [-0.2, -0.15) is 0 Å². The van der Waals surface area contributed by atoms with E-state index in [2.05, 4.69) is 48.6 Å². The van der Waals surface area contributed by atoms with Crippen molar-refractivity contribution in [3.05, 3.63) is 53.6 Å². The summed E-state index contributed by atoms with van der Waals surface area (Å²) < 4.78 is 0. The Morgan fingerprint density at radius 1 is 0.929 bits per heavy atom. The van der Waals surface area contributed by atoms with Crippen LogP contribution in [-0.4, -0.2) is 0 Å². The van der Waals surface area contributed by atoms with Crippen molar-refractivity contribution in [2.75, 3.05) is 0 Å². The zero-order valence-electron chi connectivity index (χ0n) is 7.73. The van der Waals surface area contributed by atoms with Crippen LogP contribution in [0.1, 0.15) is 11.1 Å². The van der Waals surface area contributed by atoms with Gasteiger partial charge in [-0.1, -0.05) is 48.6 Å². The van der Waals surface area contributed by atoms with E-state index in [4.69, 9.17) is 0 Å². The van der Waals surface area contributed by atoms with Gasteiger partial charge in [0.2, 0.25) is 0 Å². The van der Waals surface area contributed by atoms with Gasteiger partial charge in [0.25, 0.3) is 0 Å². The first-order chi connectivity index (χ1) is 6.45. The fraction of sp³-hybridized carbons (Fsp3) is 0.0769. The first-order valence-electron chi connectivity index (χ1n) is 4.62. The zero-order chi connectivity index (χ0) is 8.67. The van der Waals surface area contributed by atoms with E-state index in [1.165, 1.54) is 21.9 Å². The predicted octanol–water partition coefficient (Wildman–Crippen LogP) is 3.14. The molecule has 0 bridgehead atoms. The van der Waals surface area contributed by atoms with E-state index < -0.39 is 0 Å². The number of rotatable bonds is 0. The molecule has 70 valence electrons. The molecule has 1 aliphatic carbocycles. The first-order valence-corrected chi connectivity index (χ1v) is 4.62. The Bertz CT molecular complexity index is 492. The topological polar surface area (TPSA) is 0 Å². The van der Waals surface area contributed by atoms with Crippen molar-refractivity contribution < 1.29 is 26.2 Å². The van der Waals surface area contributed by atoms with Crippen LogP contribution in [0.15, 0.2) is 42.5 Å². The molecular weight excluding hydrogens is 366 g/mol. The molecule has 0 nitrogen and oxygen atoms in total. The van der Waals surface area contributed by atoms with Crippen LogP contribution in [0.2, 0.25) is 0 Å². The van der Waals surface area contributed by atoms with Gasteiger partial charge in [0.05, 0.1) is 0 Å². The van der Waals surface area contributed by atoms with Gasteiger partial charge in [-0.25, -0.2) is 0 Å². The average molecular weight is 377 g/mol. The van der Waals surface area contributed by atoms with Crippen molar-refractivity contribution in [1.29, 1.82) is 0 Å². The second kappa shape index (κ2) is 3.83. The third kappa shape index (κ3) is 1.40. The molecule has 0 N–H and O–H groups in total. The molecule has 1 heteroatoms. The predicted molar refractivity (Wildman–Crippen MR) is 58.1 cm³/mol. The maximum atomic E-state index is 2.23. The van der Waals surface area contributed by atoms with Crippen LogP contribution >= 0.6 is 0 Å². The molecule has 1 aliphatic rings. The summed E-state index contributed by atoms with van der Waals surface area (Å²) in [6.45, 7) is 0. The summed E-state index contributed by atoms with van der Waals surface area (Å²) in [6.07, 6.45) is 5.53. The van der Waals surface area contributed by atoms with Crippen molar-refractivity contribution in [1.82, 2.24) is 0 Å². The molecule has 0 atom stereocenters. The zero-order valence-corrected chi connectivity index (χ0v) is 10.9. The Hall–Kier alpha value is -0.677. The summed E-state index contributed by atoms with van der Waals surface area (Å²) >= 11 is 0. The molecule has 0 amide bonds.